The fourth-order valence-corrected chi connectivity index (χ4v) is 2.92. The van der Waals surface area contributed by atoms with Gasteiger partial charge in [-0.25, -0.2) is 0 Å². The molecular formula is C19H19N3O3. The Morgan fingerprint density at radius 2 is 1.52 bits per heavy atom. The molecule has 0 unspecified atom stereocenters. The first-order valence-electron chi connectivity index (χ1n) is 8.04. The molecule has 0 fully saturated rings. The van der Waals surface area contributed by atoms with Gasteiger partial charge in [-0.2, -0.15) is 0 Å². The number of carbonyl (C=O) groups excluding carboxylic acids is 3. The largest absolute Gasteiger partial charge is 0.289 e. The van der Waals surface area contributed by atoms with E-state index in [-0.39, 0.29) is 24.1 Å². The molecule has 2 aromatic rings. The molecule has 25 heavy (non-hydrogen) atoms. The predicted octanol–water partition coefficient (Wildman–Crippen LogP) is 2.23. The zero-order valence-electron chi connectivity index (χ0n) is 14.1. The Morgan fingerprint density at radius 1 is 1.00 bits per heavy atom. The van der Waals surface area contributed by atoms with Gasteiger partial charge in [-0.3, -0.25) is 29.7 Å². The number of imide groups is 1. The van der Waals surface area contributed by atoms with E-state index in [0.717, 1.165) is 10.6 Å². The van der Waals surface area contributed by atoms with Gasteiger partial charge in [-0.15, -0.1) is 0 Å². The maximum Gasteiger partial charge on any atom is 0.261 e. The highest BCUT2D eigenvalue weighted by Crippen LogP contribution is 2.25. The summed E-state index contributed by atoms with van der Waals surface area (Å²) in [5.41, 5.74) is 4.36. The summed E-state index contributed by atoms with van der Waals surface area (Å²) in [6, 6.07) is 15.6. The van der Waals surface area contributed by atoms with Crippen molar-refractivity contribution in [2.45, 2.75) is 19.4 Å². The number of para-hydroxylation sites is 1. The van der Waals surface area contributed by atoms with E-state index in [1.165, 1.54) is 0 Å². The van der Waals surface area contributed by atoms with Gasteiger partial charge in [0.05, 0.1) is 16.8 Å². The van der Waals surface area contributed by atoms with Gasteiger partial charge < -0.3 is 0 Å². The number of anilines is 1. The summed E-state index contributed by atoms with van der Waals surface area (Å²) in [6.45, 7) is 1.70. The van der Waals surface area contributed by atoms with Gasteiger partial charge in [0, 0.05) is 19.5 Å². The Kier molecular flexibility index (Phi) is 4.52. The number of benzene rings is 2. The third-order valence-electron chi connectivity index (χ3n) is 4.18. The Hall–Kier alpha value is -3.15. The van der Waals surface area contributed by atoms with Gasteiger partial charge in [0.2, 0.25) is 5.91 Å². The molecule has 6 heteroatoms. The van der Waals surface area contributed by atoms with Gasteiger partial charge in [-0.05, 0) is 31.2 Å². The van der Waals surface area contributed by atoms with Crippen LogP contribution in [-0.4, -0.2) is 35.7 Å². The molecule has 3 amide bonds. The monoisotopic (exact) mass is 337 g/mol. The molecular weight excluding hydrogens is 318 g/mol. The standard InChI is InChI=1S/C19H19N3O3/c1-13(12-17(23)20-21(2)14-8-4-3-5-9-14)22-18(24)15-10-6-7-11-16(15)19(22)25/h3-11,13H,12H2,1-2H3,(H,20,23)/t13-/m1/s1. The second-order valence-corrected chi connectivity index (χ2v) is 6.01. The molecule has 0 aromatic heterocycles. The Balaban J connectivity index is 1.65. The van der Waals surface area contributed by atoms with Crippen LogP contribution in [0.25, 0.3) is 0 Å². The summed E-state index contributed by atoms with van der Waals surface area (Å²) in [4.78, 5) is 38.3. The van der Waals surface area contributed by atoms with Crippen LogP contribution in [0, 0.1) is 0 Å². The quantitative estimate of drug-likeness (QED) is 0.671. The Bertz CT molecular complexity index is 785. The van der Waals surface area contributed by atoms with E-state index in [9.17, 15) is 14.4 Å². The van der Waals surface area contributed by atoms with Crippen molar-refractivity contribution in [2.24, 2.45) is 0 Å². The van der Waals surface area contributed by atoms with Crippen LogP contribution in [-0.2, 0) is 4.79 Å². The molecule has 1 N–H and O–H groups in total. The highest BCUT2D eigenvalue weighted by atomic mass is 16.2. The van der Waals surface area contributed by atoms with Gasteiger partial charge in [0.25, 0.3) is 11.8 Å². The molecule has 0 saturated carbocycles. The molecule has 2 aromatic carbocycles. The van der Waals surface area contributed by atoms with Crippen molar-refractivity contribution in [2.75, 3.05) is 12.1 Å². The van der Waals surface area contributed by atoms with Crippen LogP contribution in [0.15, 0.2) is 54.6 Å². The molecule has 0 radical (unpaired) electrons. The van der Waals surface area contributed by atoms with Crippen molar-refractivity contribution in [1.29, 1.82) is 0 Å². The van der Waals surface area contributed by atoms with Crippen LogP contribution >= 0.6 is 0 Å². The maximum atomic E-state index is 12.4. The number of rotatable bonds is 5. The average Bonchev–Trinajstić information content (AvgIpc) is 2.87. The first kappa shape index (κ1) is 16.7. The van der Waals surface area contributed by atoms with Crippen molar-refractivity contribution < 1.29 is 14.4 Å². The summed E-state index contributed by atoms with van der Waals surface area (Å²) in [6.07, 6.45) is 0.0304. The molecule has 0 aliphatic carbocycles. The minimum absolute atomic E-state index is 0.0304. The molecule has 1 aliphatic rings. The Labute approximate surface area is 146 Å². The number of hydrazine groups is 1. The molecule has 0 bridgehead atoms. The molecule has 6 nitrogen and oxygen atoms in total. The lowest BCUT2D eigenvalue weighted by molar-refractivity contribution is -0.121. The smallest absolute Gasteiger partial charge is 0.261 e. The first-order chi connectivity index (χ1) is 12.0. The fourth-order valence-electron chi connectivity index (χ4n) is 2.92. The van der Waals surface area contributed by atoms with Crippen LogP contribution in [0.5, 0.6) is 0 Å². The predicted molar refractivity (Wildman–Crippen MR) is 94.0 cm³/mol. The fraction of sp³-hybridized carbons (Fsp3) is 0.211. The van der Waals surface area contributed by atoms with Gasteiger partial charge in [0.15, 0.2) is 0 Å². The van der Waals surface area contributed by atoms with E-state index < -0.39 is 6.04 Å². The minimum atomic E-state index is -0.531. The van der Waals surface area contributed by atoms with Crippen LogP contribution < -0.4 is 10.4 Å². The van der Waals surface area contributed by atoms with Crippen LogP contribution in [0.2, 0.25) is 0 Å². The molecule has 3 rings (SSSR count). The summed E-state index contributed by atoms with van der Waals surface area (Å²) in [5.74, 6) is -0.968. The van der Waals surface area contributed by atoms with E-state index >= 15 is 0 Å². The summed E-state index contributed by atoms with van der Waals surface area (Å²) in [5, 5.41) is 1.61. The first-order valence-corrected chi connectivity index (χ1v) is 8.04. The number of carbonyl (C=O) groups is 3. The zero-order valence-corrected chi connectivity index (χ0v) is 14.1. The highest BCUT2D eigenvalue weighted by molar-refractivity contribution is 6.21. The summed E-state index contributed by atoms with van der Waals surface area (Å²) >= 11 is 0. The summed E-state index contributed by atoms with van der Waals surface area (Å²) < 4.78 is 0. The normalized spacial score (nSPS) is 14.2. The lowest BCUT2D eigenvalue weighted by Gasteiger charge is -2.24. The molecule has 1 aliphatic heterocycles. The van der Waals surface area contributed by atoms with Crippen molar-refractivity contribution >= 4 is 23.4 Å². The molecule has 1 heterocycles. The topological polar surface area (TPSA) is 69.7 Å². The number of hydrogen-bond donors (Lipinski definition) is 1. The lowest BCUT2D eigenvalue weighted by atomic mass is 10.1. The van der Waals surface area contributed by atoms with Gasteiger partial charge in [-0.1, -0.05) is 30.3 Å². The van der Waals surface area contributed by atoms with E-state index in [1.54, 1.807) is 43.2 Å². The number of nitrogens with one attached hydrogen (secondary N) is 1. The zero-order chi connectivity index (χ0) is 18.0. The van der Waals surface area contributed by atoms with E-state index in [4.69, 9.17) is 0 Å². The Morgan fingerprint density at radius 3 is 2.08 bits per heavy atom. The maximum absolute atomic E-state index is 12.4. The number of amides is 3. The molecule has 128 valence electrons. The molecule has 0 spiro atoms. The SMILES string of the molecule is C[C@H](CC(=O)NN(C)c1ccccc1)N1C(=O)c2ccccc2C1=O. The van der Waals surface area contributed by atoms with Crippen molar-refractivity contribution in [1.82, 2.24) is 10.3 Å². The number of fused-ring (bicyclic) bond motifs is 1. The third-order valence-corrected chi connectivity index (χ3v) is 4.18. The second-order valence-electron chi connectivity index (χ2n) is 6.01. The van der Waals surface area contributed by atoms with Crippen LogP contribution in [0.3, 0.4) is 0 Å². The van der Waals surface area contributed by atoms with Crippen molar-refractivity contribution in [3.05, 3.63) is 65.7 Å². The summed E-state index contributed by atoms with van der Waals surface area (Å²) in [7, 11) is 1.74. The van der Waals surface area contributed by atoms with Crippen LogP contribution in [0.1, 0.15) is 34.1 Å². The van der Waals surface area contributed by atoms with Crippen LogP contribution in [0.4, 0.5) is 5.69 Å². The second kappa shape index (κ2) is 6.76. The number of nitrogens with zero attached hydrogens (tertiary/aromatic N) is 2. The van der Waals surface area contributed by atoms with E-state index in [2.05, 4.69) is 5.43 Å². The molecule has 0 saturated heterocycles. The van der Waals surface area contributed by atoms with Crippen molar-refractivity contribution in [3.63, 3.8) is 0 Å². The van der Waals surface area contributed by atoms with Gasteiger partial charge in [0.1, 0.15) is 0 Å². The number of hydrogen-bond acceptors (Lipinski definition) is 4. The van der Waals surface area contributed by atoms with Crippen molar-refractivity contribution in [3.8, 4) is 0 Å². The third kappa shape index (κ3) is 3.24. The average molecular weight is 337 g/mol. The minimum Gasteiger partial charge on any atom is -0.289 e. The van der Waals surface area contributed by atoms with Gasteiger partial charge >= 0.3 is 0 Å². The lowest BCUT2D eigenvalue weighted by Crippen LogP contribution is -2.45. The highest BCUT2D eigenvalue weighted by Gasteiger charge is 2.38. The van der Waals surface area contributed by atoms with E-state index in [0.29, 0.717) is 11.1 Å². The molecule has 1 atom stereocenters. The van der Waals surface area contributed by atoms with E-state index in [1.807, 2.05) is 30.3 Å².